The Labute approximate surface area is 139 Å². The van der Waals surface area contributed by atoms with E-state index in [4.69, 9.17) is 14.2 Å². The average molecular weight is 326 g/mol. The van der Waals surface area contributed by atoms with Crippen LogP contribution in [0.5, 0.6) is 11.5 Å². The van der Waals surface area contributed by atoms with Crippen LogP contribution >= 0.6 is 0 Å². The van der Waals surface area contributed by atoms with Crippen LogP contribution in [-0.2, 0) is 9.47 Å². The lowest BCUT2D eigenvalue weighted by atomic mass is 10.1. The molecule has 23 heavy (non-hydrogen) atoms. The molecule has 0 aliphatic heterocycles. The van der Waals surface area contributed by atoms with Gasteiger partial charge in [-0.25, -0.2) is 0 Å². The van der Waals surface area contributed by atoms with Crippen molar-refractivity contribution in [3.63, 3.8) is 0 Å². The van der Waals surface area contributed by atoms with E-state index >= 15 is 0 Å². The maximum Gasteiger partial charge on any atom is 0.161 e. The summed E-state index contributed by atoms with van der Waals surface area (Å²) < 4.78 is 17.1. The summed E-state index contributed by atoms with van der Waals surface area (Å²) >= 11 is 0. The van der Waals surface area contributed by atoms with Crippen LogP contribution in [0.4, 0.5) is 0 Å². The number of ether oxygens (including phenoxy) is 3. The number of aliphatic hydroxyl groups excluding tert-OH is 1. The van der Waals surface area contributed by atoms with Crippen molar-refractivity contribution in [3.8, 4) is 11.5 Å². The Hall–Kier alpha value is -1.30. The maximum atomic E-state index is 10.4. The van der Waals surface area contributed by atoms with Crippen molar-refractivity contribution in [3.05, 3.63) is 24.3 Å². The Bertz CT molecular complexity index is 473. The lowest BCUT2D eigenvalue weighted by molar-refractivity contribution is -0.113. The van der Waals surface area contributed by atoms with Crippen molar-refractivity contribution in [2.24, 2.45) is 0 Å². The molecule has 0 saturated heterocycles. The Balaban J connectivity index is 2.77. The van der Waals surface area contributed by atoms with E-state index < -0.39 is 12.2 Å². The second-order valence-corrected chi connectivity index (χ2v) is 7.54. The zero-order valence-corrected chi connectivity index (χ0v) is 15.0. The van der Waals surface area contributed by atoms with Crippen LogP contribution in [0.1, 0.15) is 41.5 Å². The first-order valence-corrected chi connectivity index (χ1v) is 7.88. The number of aliphatic hydroxyl groups is 1. The molecular weight excluding hydrogens is 296 g/mol. The van der Waals surface area contributed by atoms with Gasteiger partial charge in [0.1, 0.15) is 6.10 Å². The van der Waals surface area contributed by atoms with Crippen LogP contribution in [0, 0.1) is 0 Å². The minimum Gasteiger partial charge on any atom is -0.504 e. The van der Waals surface area contributed by atoms with E-state index in [1.165, 1.54) is 6.07 Å². The van der Waals surface area contributed by atoms with Gasteiger partial charge in [0.25, 0.3) is 0 Å². The van der Waals surface area contributed by atoms with E-state index in [1.54, 1.807) is 18.2 Å². The molecule has 5 nitrogen and oxygen atoms in total. The van der Waals surface area contributed by atoms with Crippen molar-refractivity contribution < 1.29 is 24.4 Å². The third-order valence-corrected chi connectivity index (χ3v) is 2.94. The second kappa shape index (κ2) is 7.99. The van der Waals surface area contributed by atoms with E-state index in [-0.39, 0.29) is 30.2 Å². The fraction of sp³-hybridized carbons (Fsp3) is 0.667. The lowest BCUT2D eigenvalue weighted by Gasteiger charge is -2.30. The van der Waals surface area contributed by atoms with Gasteiger partial charge >= 0.3 is 0 Å². The zero-order valence-electron chi connectivity index (χ0n) is 15.0. The SMILES string of the molecule is CC(C)(C)OC[C@@H](O)[C@H](COC(C)(C)C)Oc1ccccc1O. The van der Waals surface area contributed by atoms with Crippen molar-refractivity contribution >= 4 is 0 Å². The molecule has 0 bridgehead atoms. The van der Waals surface area contributed by atoms with E-state index in [0.717, 1.165) is 0 Å². The minimum absolute atomic E-state index is 0.0252. The maximum absolute atomic E-state index is 10.4. The van der Waals surface area contributed by atoms with Crippen LogP contribution in [0.3, 0.4) is 0 Å². The zero-order chi connectivity index (χ0) is 17.7. The van der Waals surface area contributed by atoms with Crippen molar-refractivity contribution in [1.29, 1.82) is 0 Å². The van der Waals surface area contributed by atoms with Gasteiger partial charge < -0.3 is 24.4 Å². The largest absolute Gasteiger partial charge is 0.504 e. The highest BCUT2D eigenvalue weighted by molar-refractivity contribution is 5.38. The molecule has 0 heterocycles. The number of phenols is 1. The summed E-state index contributed by atoms with van der Waals surface area (Å²) in [6.07, 6.45) is -1.53. The fourth-order valence-corrected chi connectivity index (χ4v) is 1.72. The first-order chi connectivity index (χ1) is 10.5. The smallest absolute Gasteiger partial charge is 0.161 e. The van der Waals surface area contributed by atoms with Crippen LogP contribution < -0.4 is 4.74 Å². The van der Waals surface area contributed by atoms with Crippen LogP contribution in [-0.4, -0.2) is 46.8 Å². The van der Waals surface area contributed by atoms with E-state index in [0.29, 0.717) is 5.75 Å². The van der Waals surface area contributed by atoms with Crippen LogP contribution in [0.25, 0.3) is 0 Å². The first kappa shape index (κ1) is 19.7. The van der Waals surface area contributed by atoms with Crippen LogP contribution in [0.15, 0.2) is 24.3 Å². The van der Waals surface area contributed by atoms with Gasteiger partial charge in [0.2, 0.25) is 0 Å². The number of hydrogen-bond donors (Lipinski definition) is 2. The normalized spacial score (nSPS) is 15.3. The van der Waals surface area contributed by atoms with E-state index in [1.807, 2.05) is 41.5 Å². The fourth-order valence-electron chi connectivity index (χ4n) is 1.72. The predicted molar refractivity (Wildman–Crippen MR) is 89.9 cm³/mol. The summed E-state index contributed by atoms with van der Waals surface area (Å²) in [4.78, 5) is 0. The molecule has 0 amide bonds. The molecule has 1 aromatic carbocycles. The number of aromatic hydroxyl groups is 1. The highest BCUT2D eigenvalue weighted by atomic mass is 16.6. The topological polar surface area (TPSA) is 68.2 Å². The molecule has 1 aromatic rings. The van der Waals surface area contributed by atoms with Gasteiger partial charge in [-0.1, -0.05) is 12.1 Å². The molecule has 0 aliphatic rings. The first-order valence-electron chi connectivity index (χ1n) is 7.88. The van der Waals surface area contributed by atoms with Gasteiger partial charge in [-0.3, -0.25) is 0 Å². The summed E-state index contributed by atoms with van der Waals surface area (Å²) in [5.74, 6) is 0.335. The van der Waals surface area contributed by atoms with Gasteiger partial charge in [0, 0.05) is 0 Å². The highest BCUT2D eigenvalue weighted by Crippen LogP contribution is 2.26. The van der Waals surface area contributed by atoms with E-state index in [2.05, 4.69) is 0 Å². The minimum atomic E-state index is -0.879. The van der Waals surface area contributed by atoms with Gasteiger partial charge in [0.15, 0.2) is 17.6 Å². The highest BCUT2D eigenvalue weighted by Gasteiger charge is 2.27. The third-order valence-electron chi connectivity index (χ3n) is 2.94. The monoisotopic (exact) mass is 326 g/mol. The van der Waals surface area contributed by atoms with Crippen molar-refractivity contribution in [1.82, 2.24) is 0 Å². The molecule has 5 heteroatoms. The lowest BCUT2D eigenvalue weighted by Crippen LogP contribution is -2.42. The third kappa shape index (κ3) is 8.21. The summed E-state index contributed by atoms with van der Waals surface area (Å²) in [6.45, 7) is 11.9. The molecule has 2 atom stereocenters. The molecule has 1 rings (SSSR count). The van der Waals surface area contributed by atoms with Crippen molar-refractivity contribution in [2.75, 3.05) is 13.2 Å². The van der Waals surface area contributed by atoms with Crippen LogP contribution in [0.2, 0.25) is 0 Å². The molecule has 0 aromatic heterocycles. The molecule has 0 saturated carbocycles. The van der Waals surface area contributed by atoms with Crippen molar-refractivity contribution in [2.45, 2.75) is 65.0 Å². The summed E-state index contributed by atoms with van der Waals surface area (Å²) in [5.41, 5.74) is -0.712. The molecule has 0 unspecified atom stereocenters. The molecule has 0 spiro atoms. The Morgan fingerprint density at radius 1 is 0.913 bits per heavy atom. The number of rotatable bonds is 7. The summed E-state index contributed by atoms with van der Waals surface area (Å²) in [5, 5.41) is 20.3. The molecule has 132 valence electrons. The molecule has 0 aliphatic carbocycles. The Kier molecular flexibility index (Phi) is 6.86. The predicted octanol–water partition coefficient (Wildman–Crippen LogP) is 3.13. The molecule has 0 fully saturated rings. The molecule has 2 N–H and O–H groups in total. The quantitative estimate of drug-likeness (QED) is 0.806. The summed E-state index contributed by atoms with van der Waals surface area (Å²) in [6, 6.07) is 6.66. The number of hydrogen-bond acceptors (Lipinski definition) is 5. The molecular formula is C18H30O5. The standard InChI is InChI=1S/C18H30O5/c1-17(2,3)21-11-14(20)16(12-22-18(4,5)6)23-15-10-8-7-9-13(15)19/h7-10,14,16,19-20H,11-12H2,1-6H3/t14-,16+/m1/s1. The van der Waals surface area contributed by atoms with Gasteiger partial charge in [-0.2, -0.15) is 0 Å². The number of benzene rings is 1. The van der Waals surface area contributed by atoms with Gasteiger partial charge in [0.05, 0.1) is 24.4 Å². The van der Waals surface area contributed by atoms with Gasteiger partial charge in [-0.15, -0.1) is 0 Å². The average Bonchev–Trinajstić information content (AvgIpc) is 2.41. The number of para-hydroxylation sites is 2. The Morgan fingerprint density at radius 2 is 1.43 bits per heavy atom. The second-order valence-electron chi connectivity index (χ2n) is 7.54. The molecule has 0 radical (unpaired) electrons. The number of phenolic OH excluding ortho intramolecular Hbond substituents is 1. The van der Waals surface area contributed by atoms with Gasteiger partial charge in [-0.05, 0) is 53.7 Å². The van der Waals surface area contributed by atoms with E-state index in [9.17, 15) is 10.2 Å². The Morgan fingerprint density at radius 3 is 1.96 bits per heavy atom. The summed E-state index contributed by atoms with van der Waals surface area (Å²) in [7, 11) is 0.